The van der Waals surface area contributed by atoms with E-state index in [0.29, 0.717) is 45.2 Å². The summed E-state index contributed by atoms with van der Waals surface area (Å²) in [5, 5.41) is 0.602. The van der Waals surface area contributed by atoms with E-state index in [1.807, 2.05) is 43.3 Å². The number of para-hydroxylation sites is 1. The van der Waals surface area contributed by atoms with Crippen LogP contribution < -0.4 is 4.90 Å². The average Bonchev–Trinajstić information content (AvgIpc) is 3.70. The number of rotatable bonds is 6. The van der Waals surface area contributed by atoms with Gasteiger partial charge in [0.05, 0.1) is 34.3 Å². The number of imide groups is 1. The minimum atomic E-state index is -0.985. The van der Waals surface area contributed by atoms with Crippen LogP contribution in [-0.4, -0.2) is 34.7 Å². The Morgan fingerprint density at radius 1 is 0.881 bits per heavy atom. The van der Waals surface area contributed by atoms with Crippen molar-refractivity contribution in [2.75, 3.05) is 4.90 Å². The second kappa shape index (κ2) is 10.0. The molecule has 0 radical (unpaired) electrons. The van der Waals surface area contributed by atoms with Crippen LogP contribution in [0.2, 0.25) is 0 Å². The third-order valence-electron chi connectivity index (χ3n) is 9.25. The molecule has 0 N–H and O–H groups in total. The van der Waals surface area contributed by atoms with Gasteiger partial charge in [-0.05, 0) is 69.2 Å². The molecular formula is C35H30N2O5. The summed E-state index contributed by atoms with van der Waals surface area (Å²) in [6.45, 7) is 3.51. The Hall–Kier alpha value is -4.65. The largest absolute Gasteiger partial charge is 0.451 e. The summed E-state index contributed by atoms with van der Waals surface area (Å²) in [6.07, 6.45) is 2.04. The molecule has 3 aliphatic rings. The Labute approximate surface area is 243 Å². The molecule has 3 aromatic carbocycles. The molecular weight excluding hydrogens is 528 g/mol. The van der Waals surface area contributed by atoms with Gasteiger partial charge in [0.2, 0.25) is 17.6 Å². The highest BCUT2D eigenvalue weighted by atomic mass is 16.5. The van der Waals surface area contributed by atoms with Crippen LogP contribution in [0, 0.1) is 30.6 Å². The van der Waals surface area contributed by atoms with E-state index in [1.54, 1.807) is 49.4 Å². The van der Waals surface area contributed by atoms with Crippen molar-refractivity contribution in [3.63, 3.8) is 0 Å². The van der Waals surface area contributed by atoms with Crippen molar-refractivity contribution >= 4 is 40.2 Å². The molecule has 42 heavy (non-hydrogen) atoms. The summed E-state index contributed by atoms with van der Waals surface area (Å²) in [6, 6.07) is 23.2. The van der Waals surface area contributed by atoms with Gasteiger partial charge in [-0.25, -0.2) is 9.78 Å². The third kappa shape index (κ3) is 4.23. The lowest BCUT2D eigenvalue weighted by Gasteiger charge is -2.19. The Kier molecular flexibility index (Phi) is 6.26. The van der Waals surface area contributed by atoms with E-state index in [2.05, 4.69) is 0 Å². The van der Waals surface area contributed by atoms with E-state index in [1.165, 1.54) is 4.90 Å². The van der Waals surface area contributed by atoms with Crippen LogP contribution in [0.4, 0.5) is 5.69 Å². The fourth-order valence-corrected chi connectivity index (χ4v) is 7.19. The predicted molar refractivity (Wildman–Crippen MR) is 158 cm³/mol. The zero-order chi connectivity index (χ0) is 29.1. The Morgan fingerprint density at radius 3 is 2.29 bits per heavy atom. The van der Waals surface area contributed by atoms with E-state index in [-0.39, 0.29) is 35.0 Å². The molecule has 2 amide bonds. The molecule has 210 valence electrons. The van der Waals surface area contributed by atoms with Crippen molar-refractivity contribution in [2.24, 2.45) is 23.7 Å². The molecule has 2 aliphatic carbocycles. The van der Waals surface area contributed by atoms with Crippen molar-refractivity contribution in [1.82, 2.24) is 4.98 Å². The van der Waals surface area contributed by atoms with E-state index < -0.39 is 12.1 Å². The molecule has 7 heteroatoms. The number of Topliss-reactive ketones (excluding diaryl/α,β-unsaturated/α-hetero) is 1. The zero-order valence-corrected chi connectivity index (χ0v) is 23.4. The first-order valence-electron chi connectivity index (χ1n) is 14.5. The van der Waals surface area contributed by atoms with Gasteiger partial charge in [0.1, 0.15) is 0 Å². The number of pyridine rings is 1. The number of hydrogen-bond acceptors (Lipinski definition) is 6. The van der Waals surface area contributed by atoms with E-state index >= 15 is 0 Å². The smallest absolute Gasteiger partial charge is 0.339 e. The van der Waals surface area contributed by atoms with E-state index in [0.717, 1.165) is 24.8 Å². The molecule has 1 aromatic heterocycles. The molecule has 1 saturated heterocycles. The van der Waals surface area contributed by atoms with Crippen molar-refractivity contribution < 1.29 is 23.9 Å². The van der Waals surface area contributed by atoms with Crippen LogP contribution in [0.1, 0.15) is 52.5 Å². The highest BCUT2D eigenvalue weighted by molar-refractivity contribution is 6.22. The first-order valence-corrected chi connectivity index (χ1v) is 14.5. The number of ether oxygens (including phenoxy) is 1. The number of hydrogen-bond donors (Lipinski definition) is 0. The standard InChI is InChI=1S/C35H30N2O5/c1-19-10-12-21(13-11-19)32(38)20(2)42-35(41)27-18-29(36-28-9-4-3-8-26(27)28)22-6-5-7-25(17-22)37-33(39)30-23-14-15-24(16-23)31(30)34(37)40/h3-13,17-18,20,23-24,30-31H,14-16H2,1-2H3/t20-,23-,24-,30-,31-/m0/s1. The van der Waals surface area contributed by atoms with E-state index in [9.17, 15) is 19.2 Å². The number of anilines is 1. The number of aryl methyl sites for hydroxylation is 1. The van der Waals surface area contributed by atoms with Gasteiger partial charge in [0.15, 0.2) is 6.10 Å². The summed E-state index contributed by atoms with van der Waals surface area (Å²) >= 11 is 0. The van der Waals surface area contributed by atoms with Crippen LogP contribution in [0.15, 0.2) is 78.9 Å². The van der Waals surface area contributed by atoms with Gasteiger partial charge in [0.25, 0.3) is 0 Å². The molecule has 7 nitrogen and oxygen atoms in total. The lowest BCUT2D eigenvalue weighted by Crippen LogP contribution is -2.32. The lowest BCUT2D eigenvalue weighted by molar-refractivity contribution is -0.123. The maximum Gasteiger partial charge on any atom is 0.339 e. The second-order valence-corrected chi connectivity index (χ2v) is 11.8. The third-order valence-corrected chi connectivity index (χ3v) is 9.25. The quantitative estimate of drug-likeness (QED) is 0.160. The molecule has 4 aromatic rings. The fourth-order valence-electron chi connectivity index (χ4n) is 7.19. The van der Waals surface area contributed by atoms with Crippen LogP contribution in [-0.2, 0) is 14.3 Å². The van der Waals surface area contributed by atoms with Crippen molar-refractivity contribution in [1.29, 1.82) is 0 Å². The molecule has 0 spiro atoms. The Bertz CT molecular complexity index is 1750. The van der Waals surface area contributed by atoms with Gasteiger partial charge < -0.3 is 4.74 Å². The monoisotopic (exact) mass is 558 g/mol. The normalized spacial score (nSPS) is 23.3. The molecule has 1 aliphatic heterocycles. The fraction of sp³-hybridized carbons (Fsp3) is 0.286. The Morgan fingerprint density at radius 2 is 1.57 bits per heavy atom. The lowest BCUT2D eigenvalue weighted by atomic mass is 9.81. The highest BCUT2D eigenvalue weighted by Crippen LogP contribution is 2.56. The summed E-state index contributed by atoms with van der Waals surface area (Å²) in [7, 11) is 0. The number of fused-ring (bicyclic) bond motifs is 6. The number of benzene rings is 3. The van der Waals surface area contributed by atoms with Gasteiger partial charge in [-0.3, -0.25) is 19.3 Å². The maximum absolute atomic E-state index is 13.5. The molecule has 2 saturated carbocycles. The summed E-state index contributed by atoms with van der Waals surface area (Å²) in [5.41, 5.74) is 4.06. The molecule has 2 heterocycles. The summed E-state index contributed by atoms with van der Waals surface area (Å²) < 4.78 is 5.67. The van der Waals surface area contributed by atoms with E-state index in [4.69, 9.17) is 9.72 Å². The summed E-state index contributed by atoms with van der Waals surface area (Å²) in [4.78, 5) is 59.5. The zero-order valence-electron chi connectivity index (χ0n) is 23.4. The molecule has 2 bridgehead atoms. The highest BCUT2D eigenvalue weighted by Gasteiger charge is 2.61. The number of aromatic nitrogens is 1. The molecule has 5 atom stereocenters. The van der Waals surface area contributed by atoms with Gasteiger partial charge in [-0.1, -0.05) is 60.2 Å². The molecule has 7 rings (SSSR count). The summed E-state index contributed by atoms with van der Waals surface area (Å²) in [5.74, 6) is -0.912. The minimum Gasteiger partial charge on any atom is -0.451 e. The van der Waals surface area contributed by atoms with Gasteiger partial charge in [-0.15, -0.1) is 0 Å². The number of esters is 1. The average molecular weight is 559 g/mol. The first kappa shape index (κ1) is 26.3. The van der Waals surface area contributed by atoms with Crippen molar-refractivity contribution in [3.05, 3.63) is 95.6 Å². The first-order chi connectivity index (χ1) is 20.3. The van der Waals surface area contributed by atoms with Gasteiger partial charge in [0, 0.05) is 16.5 Å². The van der Waals surface area contributed by atoms with Crippen LogP contribution in [0.3, 0.4) is 0 Å². The number of ketones is 1. The number of carbonyl (C=O) groups excluding carboxylic acids is 4. The van der Waals surface area contributed by atoms with Crippen LogP contribution in [0.25, 0.3) is 22.2 Å². The van der Waals surface area contributed by atoms with Crippen LogP contribution >= 0.6 is 0 Å². The number of amides is 2. The second-order valence-electron chi connectivity index (χ2n) is 11.8. The number of nitrogens with zero attached hydrogens (tertiary/aromatic N) is 2. The predicted octanol–water partition coefficient (Wildman–Crippen LogP) is 6.17. The molecule has 0 unspecified atom stereocenters. The number of carbonyl (C=O) groups is 4. The maximum atomic E-state index is 13.5. The Balaban J connectivity index is 1.20. The SMILES string of the molecule is Cc1ccc(C(=O)[C@H](C)OC(=O)c2cc(-c3cccc(N4C(=O)[C@H]5[C@H]6CC[C@@H](C6)[C@@H]5C4=O)c3)nc3ccccc23)cc1. The van der Waals surface area contributed by atoms with Crippen molar-refractivity contribution in [3.8, 4) is 11.3 Å². The molecule has 3 fully saturated rings. The minimum absolute atomic E-state index is 0.0997. The van der Waals surface area contributed by atoms with Gasteiger partial charge in [-0.2, -0.15) is 0 Å². The van der Waals surface area contributed by atoms with Gasteiger partial charge >= 0.3 is 5.97 Å². The van der Waals surface area contributed by atoms with Crippen molar-refractivity contribution in [2.45, 2.75) is 39.2 Å². The van der Waals surface area contributed by atoms with Crippen LogP contribution in [0.5, 0.6) is 0 Å². The topological polar surface area (TPSA) is 93.6 Å².